The average molecular weight is 293 g/mol. The fourth-order valence-electron chi connectivity index (χ4n) is 2.34. The first-order chi connectivity index (χ1) is 9.66. The summed E-state index contributed by atoms with van der Waals surface area (Å²) in [5.41, 5.74) is 0. The second-order valence-corrected chi connectivity index (χ2v) is 6.15. The number of carboxylic acids is 1. The minimum Gasteiger partial charge on any atom is -0.480 e. The summed E-state index contributed by atoms with van der Waals surface area (Å²) < 4.78 is 5.30. The highest BCUT2D eigenvalue weighted by Crippen LogP contribution is 2.45. The summed E-state index contributed by atoms with van der Waals surface area (Å²) in [4.78, 5) is 25.0. The molecule has 1 amide bonds. The zero-order chi connectivity index (χ0) is 14.1. The van der Waals surface area contributed by atoms with E-state index in [-0.39, 0.29) is 5.37 Å². The number of aliphatic carboxylic acids is 1. The maximum atomic E-state index is 12.3. The number of ether oxygens (including phenoxy) is 1. The van der Waals surface area contributed by atoms with Crippen LogP contribution in [0.2, 0.25) is 0 Å². The van der Waals surface area contributed by atoms with Crippen molar-refractivity contribution in [3.8, 4) is 5.75 Å². The summed E-state index contributed by atoms with van der Waals surface area (Å²) >= 11 is 1.54. The number of carbonyl (C=O) groups is 2. The van der Waals surface area contributed by atoms with Gasteiger partial charge in [0.05, 0.1) is 5.37 Å². The van der Waals surface area contributed by atoms with Gasteiger partial charge in [0, 0.05) is 5.75 Å². The first-order valence-electron chi connectivity index (χ1n) is 6.56. The van der Waals surface area contributed by atoms with Crippen LogP contribution in [-0.4, -0.2) is 39.2 Å². The molecule has 1 aromatic carbocycles. The van der Waals surface area contributed by atoms with E-state index in [9.17, 15) is 14.7 Å². The Morgan fingerprint density at radius 1 is 1.25 bits per heavy atom. The van der Waals surface area contributed by atoms with Crippen LogP contribution in [0.25, 0.3) is 0 Å². The third kappa shape index (κ3) is 2.60. The second kappa shape index (κ2) is 5.36. The van der Waals surface area contributed by atoms with Gasteiger partial charge in [-0.15, -0.1) is 11.8 Å². The van der Waals surface area contributed by atoms with Gasteiger partial charge in [-0.2, -0.15) is 0 Å². The predicted molar refractivity (Wildman–Crippen MR) is 74.7 cm³/mol. The van der Waals surface area contributed by atoms with E-state index in [1.54, 1.807) is 36.0 Å². The maximum absolute atomic E-state index is 12.3. The van der Waals surface area contributed by atoms with E-state index in [2.05, 4.69) is 0 Å². The molecule has 1 heterocycles. The highest BCUT2D eigenvalue weighted by atomic mass is 32.2. The summed E-state index contributed by atoms with van der Waals surface area (Å²) in [5, 5.41) is 9.19. The van der Waals surface area contributed by atoms with Crippen molar-refractivity contribution in [1.29, 1.82) is 0 Å². The van der Waals surface area contributed by atoms with E-state index in [0.717, 1.165) is 12.8 Å². The summed E-state index contributed by atoms with van der Waals surface area (Å²) in [7, 11) is 0. The number of thioether (sulfide) groups is 1. The number of hydrogen-bond donors (Lipinski definition) is 1. The highest BCUT2D eigenvalue weighted by Gasteiger charge is 2.48. The molecule has 0 aromatic heterocycles. The molecular formula is C14H15NO4S. The van der Waals surface area contributed by atoms with Crippen molar-refractivity contribution in [1.82, 2.24) is 4.90 Å². The molecule has 5 nitrogen and oxygen atoms in total. The van der Waals surface area contributed by atoms with E-state index in [0.29, 0.717) is 17.4 Å². The molecule has 6 heteroatoms. The Balaban J connectivity index is 1.76. The molecule has 2 atom stereocenters. The van der Waals surface area contributed by atoms with Gasteiger partial charge in [-0.05, 0) is 30.9 Å². The Bertz CT molecular complexity index is 517. The lowest BCUT2D eigenvalue weighted by molar-refractivity contribution is -0.141. The van der Waals surface area contributed by atoms with Crippen LogP contribution in [0.4, 0.5) is 4.79 Å². The smallest absolute Gasteiger partial charge is 0.416 e. The number of amides is 1. The zero-order valence-corrected chi connectivity index (χ0v) is 11.6. The summed E-state index contributed by atoms with van der Waals surface area (Å²) in [5.74, 6) is 0.312. The number of nitrogens with zero attached hydrogens (tertiary/aromatic N) is 1. The number of carbonyl (C=O) groups excluding carboxylic acids is 1. The molecule has 20 heavy (non-hydrogen) atoms. The van der Waals surface area contributed by atoms with Crippen LogP contribution in [0.1, 0.15) is 12.8 Å². The molecule has 1 saturated carbocycles. The van der Waals surface area contributed by atoms with E-state index < -0.39 is 18.1 Å². The number of benzene rings is 1. The van der Waals surface area contributed by atoms with Crippen molar-refractivity contribution in [2.24, 2.45) is 5.92 Å². The first-order valence-corrected chi connectivity index (χ1v) is 7.61. The lowest BCUT2D eigenvalue weighted by Gasteiger charge is -2.26. The highest BCUT2D eigenvalue weighted by molar-refractivity contribution is 8.00. The standard InChI is InChI=1S/C14H15NO4S/c16-13(17)11-8-20-12(9-6-7-9)15(11)14(18)19-10-4-2-1-3-5-10/h1-5,9,11-12H,6-8H2,(H,16,17). The molecule has 1 saturated heterocycles. The van der Waals surface area contributed by atoms with Gasteiger partial charge in [0.15, 0.2) is 0 Å². The molecular weight excluding hydrogens is 278 g/mol. The molecule has 0 bridgehead atoms. The van der Waals surface area contributed by atoms with Gasteiger partial charge in [0.2, 0.25) is 0 Å². The lowest BCUT2D eigenvalue weighted by atomic mass is 10.2. The molecule has 0 spiro atoms. The third-order valence-electron chi connectivity index (χ3n) is 3.50. The Kier molecular flexibility index (Phi) is 3.56. The molecule has 1 aromatic rings. The predicted octanol–water partition coefficient (Wildman–Crippen LogP) is 2.42. The number of para-hydroxylation sites is 1. The van der Waals surface area contributed by atoms with Crippen molar-refractivity contribution < 1.29 is 19.4 Å². The Hall–Kier alpha value is -1.69. The third-order valence-corrected chi connectivity index (χ3v) is 4.97. The van der Waals surface area contributed by atoms with Crippen molar-refractivity contribution >= 4 is 23.8 Å². The van der Waals surface area contributed by atoms with Crippen molar-refractivity contribution in [3.05, 3.63) is 30.3 Å². The average Bonchev–Trinajstić information content (AvgIpc) is 3.17. The zero-order valence-electron chi connectivity index (χ0n) is 10.8. The van der Waals surface area contributed by atoms with Gasteiger partial charge in [0.25, 0.3) is 0 Å². The Morgan fingerprint density at radius 3 is 2.55 bits per heavy atom. The molecule has 106 valence electrons. The molecule has 1 aliphatic heterocycles. The van der Waals surface area contributed by atoms with Crippen LogP contribution >= 0.6 is 11.8 Å². The van der Waals surface area contributed by atoms with Gasteiger partial charge in [-0.3, -0.25) is 4.90 Å². The molecule has 2 unspecified atom stereocenters. The Morgan fingerprint density at radius 2 is 1.95 bits per heavy atom. The lowest BCUT2D eigenvalue weighted by Crippen LogP contribution is -2.47. The first kappa shape index (κ1) is 13.3. The van der Waals surface area contributed by atoms with E-state index >= 15 is 0 Å². The molecule has 2 fully saturated rings. The number of carboxylic acid groups (broad SMARTS) is 1. The van der Waals surface area contributed by atoms with E-state index in [1.165, 1.54) is 4.90 Å². The molecule has 1 N–H and O–H groups in total. The van der Waals surface area contributed by atoms with Crippen LogP contribution in [0.3, 0.4) is 0 Å². The SMILES string of the molecule is O=C(O)C1CSC(C2CC2)N1C(=O)Oc1ccccc1. The molecule has 0 radical (unpaired) electrons. The van der Waals surface area contributed by atoms with Gasteiger partial charge in [-0.25, -0.2) is 9.59 Å². The monoisotopic (exact) mass is 293 g/mol. The summed E-state index contributed by atoms with van der Waals surface area (Å²) in [6, 6.07) is 7.95. The largest absolute Gasteiger partial charge is 0.480 e. The van der Waals surface area contributed by atoms with Gasteiger partial charge < -0.3 is 9.84 Å². The van der Waals surface area contributed by atoms with Crippen LogP contribution in [-0.2, 0) is 4.79 Å². The van der Waals surface area contributed by atoms with Crippen molar-refractivity contribution in [2.75, 3.05) is 5.75 Å². The summed E-state index contributed by atoms with van der Waals surface area (Å²) in [6.07, 6.45) is 1.55. The Labute approximate surface area is 120 Å². The molecule has 3 rings (SSSR count). The van der Waals surface area contributed by atoms with E-state index in [4.69, 9.17) is 4.74 Å². The van der Waals surface area contributed by atoms with Crippen LogP contribution < -0.4 is 4.74 Å². The van der Waals surface area contributed by atoms with Gasteiger partial charge in [-0.1, -0.05) is 18.2 Å². The number of rotatable bonds is 3. The fourth-order valence-corrected chi connectivity index (χ4v) is 3.96. The summed E-state index contributed by atoms with van der Waals surface area (Å²) in [6.45, 7) is 0. The van der Waals surface area contributed by atoms with Crippen molar-refractivity contribution in [3.63, 3.8) is 0 Å². The maximum Gasteiger partial charge on any atom is 0.416 e. The fraction of sp³-hybridized carbons (Fsp3) is 0.429. The van der Waals surface area contributed by atoms with Gasteiger partial charge >= 0.3 is 12.1 Å². The molecule has 1 aliphatic carbocycles. The number of hydrogen-bond acceptors (Lipinski definition) is 4. The van der Waals surface area contributed by atoms with Gasteiger partial charge in [0.1, 0.15) is 11.8 Å². The van der Waals surface area contributed by atoms with Crippen LogP contribution in [0.5, 0.6) is 5.75 Å². The van der Waals surface area contributed by atoms with E-state index in [1.807, 2.05) is 6.07 Å². The van der Waals surface area contributed by atoms with Crippen LogP contribution in [0, 0.1) is 5.92 Å². The van der Waals surface area contributed by atoms with Crippen molar-refractivity contribution in [2.45, 2.75) is 24.3 Å². The topological polar surface area (TPSA) is 66.8 Å². The minimum atomic E-state index is -0.967. The minimum absolute atomic E-state index is 0.0627. The molecule has 2 aliphatic rings. The second-order valence-electron chi connectivity index (χ2n) is 5.00. The van der Waals surface area contributed by atoms with Crippen LogP contribution in [0.15, 0.2) is 30.3 Å². The quantitative estimate of drug-likeness (QED) is 0.927. The normalized spacial score (nSPS) is 25.5.